The number of nitrogens with zero attached hydrogens (tertiary/aromatic N) is 25. The highest BCUT2D eigenvalue weighted by Gasteiger charge is 2.01. The molecular formula is C39H73N25. The third-order valence-corrected chi connectivity index (χ3v) is 9.22. The van der Waals surface area contributed by atoms with E-state index in [4.69, 9.17) is 0 Å². The van der Waals surface area contributed by atoms with E-state index in [2.05, 4.69) is 98.3 Å². The maximum absolute atomic E-state index is 4.27. The fraction of sp³-hybridized carbons (Fsp3) is 0.615. The standard InChI is InChI=1S/C7H12N2.5C5H9N3.2C3H6N4.CH4/c1-5-6(2)9(4)7(3)8-5;1-4-6-7-5(2)8(4)3;2*1-4-6-5(2)8(3)7-4;1-4-5(2)8(3)7-6-4;1-4-5(2)7-8(3)6-4;1-3-4-5-6-7(3)2;1-3-4-6-7(2)5-3;/h1-4H3;5*1-3H3;2*1-2H3;1H4. The van der Waals surface area contributed by atoms with Crippen molar-refractivity contribution >= 4 is 0 Å². The van der Waals surface area contributed by atoms with E-state index in [0.717, 1.165) is 75.1 Å². The van der Waals surface area contributed by atoms with Gasteiger partial charge in [0, 0.05) is 55.0 Å². The zero-order valence-corrected chi connectivity index (χ0v) is 41.7. The molecule has 0 aliphatic carbocycles. The van der Waals surface area contributed by atoms with Gasteiger partial charge in [0.2, 0.25) is 0 Å². The Morgan fingerprint density at radius 3 is 0.891 bits per heavy atom. The van der Waals surface area contributed by atoms with Crippen LogP contribution < -0.4 is 0 Å². The molecule has 0 fully saturated rings. The van der Waals surface area contributed by atoms with Gasteiger partial charge in [-0.2, -0.15) is 30.0 Å². The third-order valence-electron chi connectivity index (χ3n) is 9.22. The molecule has 8 aromatic heterocycles. The van der Waals surface area contributed by atoms with E-state index in [1.165, 1.54) is 10.5 Å². The molecule has 0 atom stereocenters. The van der Waals surface area contributed by atoms with Gasteiger partial charge in [0.25, 0.3) is 0 Å². The first-order chi connectivity index (χ1) is 29.2. The molecule has 0 aliphatic heterocycles. The van der Waals surface area contributed by atoms with E-state index in [0.29, 0.717) is 5.82 Å². The average molecular weight is 892 g/mol. The first kappa shape index (κ1) is 57.1. The Bertz CT molecular complexity index is 2230. The van der Waals surface area contributed by atoms with E-state index in [-0.39, 0.29) is 7.43 Å². The van der Waals surface area contributed by atoms with Gasteiger partial charge in [-0.3, -0.25) is 14.0 Å². The number of rotatable bonds is 0. The normalized spacial score (nSPS) is 9.67. The Morgan fingerprint density at radius 1 is 0.297 bits per heavy atom. The van der Waals surface area contributed by atoms with Crippen molar-refractivity contribution in [2.24, 2.45) is 56.4 Å². The van der Waals surface area contributed by atoms with Crippen LogP contribution in [-0.4, -0.2) is 124 Å². The lowest BCUT2D eigenvalue weighted by Crippen LogP contribution is -1.92. The van der Waals surface area contributed by atoms with Gasteiger partial charge in [-0.05, 0) is 119 Å². The fourth-order valence-corrected chi connectivity index (χ4v) is 4.40. The summed E-state index contributed by atoms with van der Waals surface area (Å²) >= 11 is 0. The number of aromatic nitrogens is 25. The molecule has 0 saturated carbocycles. The highest BCUT2D eigenvalue weighted by molar-refractivity contribution is 5.12. The molecule has 8 aromatic rings. The van der Waals surface area contributed by atoms with Gasteiger partial charge in [-0.25, -0.2) is 19.6 Å². The first-order valence-electron chi connectivity index (χ1n) is 19.8. The van der Waals surface area contributed by atoms with E-state index < -0.39 is 0 Å². The second-order valence-corrected chi connectivity index (χ2v) is 14.3. The summed E-state index contributed by atoms with van der Waals surface area (Å²) in [6, 6.07) is 0. The molecule has 354 valence electrons. The van der Waals surface area contributed by atoms with Crippen LogP contribution in [0.5, 0.6) is 0 Å². The van der Waals surface area contributed by atoms with E-state index >= 15 is 0 Å². The van der Waals surface area contributed by atoms with Crippen LogP contribution in [0.15, 0.2) is 0 Å². The van der Waals surface area contributed by atoms with Gasteiger partial charge in [-0.1, -0.05) is 12.6 Å². The van der Waals surface area contributed by atoms with Crippen molar-refractivity contribution in [3.05, 3.63) is 86.6 Å². The number of hydrogen-bond acceptors (Lipinski definition) is 17. The van der Waals surface area contributed by atoms with Crippen molar-refractivity contribution < 1.29 is 0 Å². The Morgan fingerprint density at radius 2 is 0.781 bits per heavy atom. The average Bonchev–Trinajstić information content (AvgIpc) is 4.11. The fourth-order valence-electron chi connectivity index (χ4n) is 4.40. The SMILES string of the molecule is C.Cc1nc(C)n(C)c1C.Cc1nc(C)n(C)n1.Cc1nc(C)n(C)n1.Cc1nn(C)nc1C.Cc1nnc(C)n1C.Cc1nnn(C)c1C.Cc1nnn(C)n1.Cc1nnnn1C. The molecule has 25 heteroatoms. The summed E-state index contributed by atoms with van der Waals surface area (Å²) in [5.41, 5.74) is 6.54. The largest absolute Gasteiger partial charge is 0.335 e. The minimum atomic E-state index is 0. The molecule has 25 nitrogen and oxygen atoms in total. The number of aryl methyl sites for hydroxylation is 19. The Hall–Kier alpha value is -6.95. The monoisotopic (exact) mass is 892 g/mol. The van der Waals surface area contributed by atoms with Crippen LogP contribution in [0.3, 0.4) is 0 Å². The van der Waals surface area contributed by atoms with Gasteiger partial charge in [0.15, 0.2) is 5.82 Å². The molecule has 0 bridgehead atoms. The van der Waals surface area contributed by atoms with Crippen LogP contribution in [0.1, 0.15) is 94.0 Å². The van der Waals surface area contributed by atoms with Crippen LogP contribution in [0.2, 0.25) is 0 Å². The minimum absolute atomic E-state index is 0. The summed E-state index contributed by atoms with van der Waals surface area (Å²) in [7, 11) is 15.0. The van der Waals surface area contributed by atoms with Crippen molar-refractivity contribution in [1.29, 1.82) is 0 Å². The number of tetrazole rings is 2. The summed E-state index contributed by atoms with van der Waals surface area (Å²) < 4.78 is 10.9. The van der Waals surface area contributed by atoms with Gasteiger partial charge < -0.3 is 9.13 Å². The zero-order valence-electron chi connectivity index (χ0n) is 41.7. The number of imidazole rings is 1. The summed E-state index contributed by atoms with van der Waals surface area (Å²) in [6.07, 6.45) is 0. The lowest BCUT2D eigenvalue weighted by atomic mass is 10.4. The molecule has 0 unspecified atom stereocenters. The predicted molar refractivity (Wildman–Crippen MR) is 244 cm³/mol. The summed E-state index contributed by atoms with van der Waals surface area (Å²) in [5.74, 6) is 8.15. The quantitative estimate of drug-likeness (QED) is 0.212. The van der Waals surface area contributed by atoms with E-state index in [1.54, 1.807) is 44.5 Å². The first-order valence-corrected chi connectivity index (χ1v) is 19.8. The van der Waals surface area contributed by atoms with Gasteiger partial charge >= 0.3 is 0 Å². The molecule has 0 amide bonds. The van der Waals surface area contributed by atoms with Crippen molar-refractivity contribution in [3.63, 3.8) is 0 Å². The van der Waals surface area contributed by atoms with Crippen LogP contribution in [0.25, 0.3) is 0 Å². The van der Waals surface area contributed by atoms with E-state index in [9.17, 15) is 0 Å². The molecule has 8 heterocycles. The third kappa shape index (κ3) is 19.8. The molecular weight excluding hydrogens is 819 g/mol. The second kappa shape index (κ2) is 27.2. The van der Waals surface area contributed by atoms with Crippen LogP contribution in [0, 0.1) is 104 Å². The lowest BCUT2D eigenvalue weighted by molar-refractivity contribution is 0.629. The molecule has 0 N–H and O–H groups in total. The van der Waals surface area contributed by atoms with Crippen LogP contribution in [-0.2, 0) is 56.4 Å². The van der Waals surface area contributed by atoms with Gasteiger partial charge in [0.05, 0.1) is 35.5 Å². The van der Waals surface area contributed by atoms with Gasteiger partial charge in [0.1, 0.15) is 46.6 Å². The van der Waals surface area contributed by atoms with E-state index in [1.807, 2.05) is 137 Å². The Labute approximate surface area is 377 Å². The molecule has 0 aliphatic rings. The van der Waals surface area contributed by atoms with Crippen molar-refractivity contribution in [2.45, 2.75) is 111 Å². The maximum atomic E-state index is 4.27. The topological polar surface area (TPSA) is 259 Å². The molecule has 64 heavy (non-hydrogen) atoms. The summed E-state index contributed by atoms with van der Waals surface area (Å²) in [6.45, 7) is 29.1. The predicted octanol–water partition coefficient (Wildman–Crippen LogP) is 3.18. The van der Waals surface area contributed by atoms with Gasteiger partial charge in [-0.15, -0.1) is 30.6 Å². The van der Waals surface area contributed by atoms with Crippen molar-refractivity contribution in [3.8, 4) is 0 Å². The van der Waals surface area contributed by atoms with Crippen LogP contribution in [0.4, 0.5) is 0 Å². The second-order valence-electron chi connectivity index (χ2n) is 14.3. The summed E-state index contributed by atoms with van der Waals surface area (Å²) in [5, 5.41) is 52.9. The Kier molecular flexibility index (Phi) is 24.2. The van der Waals surface area contributed by atoms with Crippen molar-refractivity contribution in [2.75, 3.05) is 0 Å². The summed E-state index contributed by atoms with van der Waals surface area (Å²) in [4.78, 5) is 15.4. The maximum Gasteiger partial charge on any atom is 0.171 e. The highest BCUT2D eigenvalue weighted by Crippen LogP contribution is 2.05. The highest BCUT2D eigenvalue weighted by atomic mass is 15.6. The molecule has 0 radical (unpaired) electrons. The zero-order chi connectivity index (χ0) is 48.3. The smallest absolute Gasteiger partial charge is 0.171 e. The Balaban J connectivity index is 0.000000708. The van der Waals surface area contributed by atoms with Crippen LogP contribution >= 0.6 is 0 Å². The molecule has 8 rings (SSSR count). The molecule has 0 spiro atoms. The minimum Gasteiger partial charge on any atom is -0.335 e. The molecule has 0 aromatic carbocycles. The number of hydrogen-bond donors (Lipinski definition) is 0. The lowest BCUT2D eigenvalue weighted by Gasteiger charge is -1.94. The molecule has 0 saturated heterocycles. The van der Waals surface area contributed by atoms with Crippen molar-refractivity contribution in [1.82, 2.24) is 124 Å².